The Balaban J connectivity index is 2.23. The Morgan fingerprint density at radius 3 is 2.43 bits per heavy atom. The third-order valence-electron chi connectivity index (χ3n) is 3.17. The molecule has 0 fully saturated rings. The molecular formula is C17H18O4. The molecule has 0 atom stereocenters. The summed E-state index contributed by atoms with van der Waals surface area (Å²) >= 11 is 0. The lowest BCUT2D eigenvalue weighted by atomic mass is 9.96. The number of hydrogen-bond acceptors (Lipinski definition) is 4. The minimum absolute atomic E-state index is 0.0257. The zero-order valence-corrected chi connectivity index (χ0v) is 12.0. The van der Waals surface area contributed by atoms with E-state index in [-0.39, 0.29) is 29.6 Å². The molecule has 0 saturated carbocycles. The molecule has 0 radical (unpaired) electrons. The van der Waals surface area contributed by atoms with E-state index in [4.69, 9.17) is 4.74 Å². The maximum Gasteiger partial charge on any atom is 0.342 e. The smallest absolute Gasteiger partial charge is 0.342 e. The summed E-state index contributed by atoms with van der Waals surface area (Å²) in [5, 5.41) is 19.5. The van der Waals surface area contributed by atoms with Gasteiger partial charge in [-0.2, -0.15) is 0 Å². The van der Waals surface area contributed by atoms with Crippen LogP contribution in [0.4, 0.5) is 0 Å². The van der Waals surface area contributed by atoms with Gasteiger partial charge < -0.3 is 14.9 Å². The molecular weight excluding hydrogens is 268 g/mol. The third kappa shape index (κ3) is 3.54. The summed E-state index contributed by atoms with van der Waals surface area (Å²) in [7, 11) is 0. The molecule has 2 N–H and O–H groups in total. The topological polar surface area (TPSA) is 66.8 Å². The minimum atomic E-state index is -0.597. The van der Waals surface area contributed by atoms with Crippen LogP contribution >= 0.6 is 0 Å². The highest BCUT2D eigenvalue weighted by molar-refractivity contribution is 5.94. The Bertz CT molecular complexity index is 633. The molecule has 2 aromatic rings. The number of phenolic OH excluding ortho intramolecular Hbond substituents is 2. The Morgan fingerprint density at radius 1 is 1.14 bits per heavy atom. The van der Waals surface area contributed by atoms with Gasteiger partial charge in [-0.25, -0.2) is 4.79 Å². The van der Waals surface area contributed by atoms with Crippen molar-refractivity contribution < 1.29 is 19.7 Å². The van der Waals surface area contributed by atoms with Crippen molar-refractivity contribution in [2.24, 2.45) is 0 Å². The van der Waals surface area contributed by atoms with Crippen LogP contribution in [0.5, 0.6) is 11.5 Å². The van der Waals surface area contributed by atoms with Gasteiger partial charge in [0, 0.05) is 6.07 Å². The van der Waals surface area contributed by atoms with Crippen molar-refractivity contribution in [3.05, 3.63) is 59.2 Å². The van der Waals surface area contributed by atoms with Crippen LogP contribution in [0.15, 0.2) is 42.5 Å². The summed E-state index contributed by atoms with van der Waals surface area (Å²) in [4.78, 5) is 12.2. The van der Waals surface area contributed by atoms with Crippen molar-refractivity contribution in [3.8, 4) is 11.5 Å². The predicted octanol–water partition coefficient (Wildman–Crippen LogP) is 3.58. The molecule has 0 heterocycles. The molecule has 0 aliphatic rings. The number of phenols is 2. The summed E-state index contributed by atoms with van der Waals surface area (Å²) < 4.78 is 5.25. The number of carbonyl (C=O) groups is 1. The second-order valence-electron chi connectivity index (χ2n) is 5.15. The van der Waals surface area contributed by atoms with E-state index in [9.17, 15) is 15.0 Å². The molecule has 4 heteroatoms. The summed E-state index contributed by atoms with van der Waals surface area (Å²) in [6.45, 7) is 3.89. The monoisotopic (exact) mass is 286 g/mol. The van der Waals surface area contributed by atoms with Gasteiger partial charge in [0.25, 0.3) is 0 Å². The fourth-order valence-electron chi connectivity index (χ4n) is 2.11. The lowest BCUT2D eigenvalue weighted by Crippen LogP contribution is -2.09. The van der Waals surface area contributed by atoms with E-state index in [0.29, 0.717) is 5.56 Å². The summed E-state index contributed by atoms with van der Waals surface area (Å²) in [5.41, 5.74) is 1.54. The van der Waals surface area contributed by atoms with E-state index < -0.39 is 5.97 Å². The molecule has 0 spiro atoms. The molecule has 4 nitrogen and oxygen atoms in total. The fraction of sp³-hybridized carbons (Fsp3) is 0.235. The fourth-order valence-corrected chi connectivity index (χ4v) is 2.11. The Morgan fingerprint density at radius 2 is 1.81 bits per heavy atom. The van der Waals surface area contributed by atoms with E-state index in [1.165, 1.54) is 6.07 Å². The number of esters is 1. The first-order valence-electron chi connectivity index (χ1n) is 6.76. The van der Waals surface area contributed by atoms with E-state index in [0.717, 1.165) is 11.6 Å². The van der Waals surface area contributed by atoms with Gasteiger partial charge in [-0.3, -0.25) is 0 Å². The molecule has 21 heavy (non-hydrogen) atoms. The number of rotatable bonds is 4. The highest BCUT2D eigenvalue weighted by Crippen LogP contribution is 2.32. The van der Waals surface area contributed by atoms with Gasteiger partial charge in [-0.1, -0.05) is 44.2 Å². The second-order valence-corrected chi connectivity index (χ2v) is 5.15. The lowest BCUT2D eigenvalue weighted by Gasteiger charge is -2.14. The van der Waals surface area contributed by atoms with E-state index >= 15 is 0 Å². The standard InChI is InChI=1S/C17H18O4/c1-11(2)14-8-13(18)9-15(19)16(14)17(20)21-10-12-6-4-3-5-7-12/h3-9,11,18-19H,10H2,1-2H3. The van der Waals surface area contributed by atoms with Crippen LogP contribution in [0, 0.1) is 0 Å². The van der Waals surface area contributed by atoms with Gasteiger partial charge >= 0.3 is 5.97 Å². The van der Waals surface area contributed by atoms with Crippen molar-refractivity contribution in [2.75, 3.05) is 0 Å². The molecule has 0 amide bonds. The summed E-state index contributed by atoms with van der Waals surface area (Å²) in [5.74, 6) is -0.963. The maximum atomic E-state index is 12.2. The first-order chi connectivity index (χ1) is 9.99. The Hall–Kier alpha value is -2.49. The van der Waals surface area contributed by atoms with Crippen molar-refractivity contribution in [3.63, 3.8) is 0 Å². The molecule has 0 aliphatic heterocycles. The van der Waals surface area contributed by atoms with Crippen molar-refractivity contribution in [2.45, 2.75) is 26.4 Å². The Kier molecular flexibility index (Phi) is 4.48. The van der Waals surface area contributed by atoms with Crippen LogP contribution in [0.2, 0.25) is 0 Å². The van der Waals surface area contributed by atoms with E-state index in [2.05, 4.69) is 0 Å². The molecule has 2 rings (SSSR count). The third-order valence-corrected chi connectivity index (χ3v) is 3.17. The highest BCUT2D eigenvalue weighted by atomic mass is 16.5. The number of benzene rings is 2. The number of aromatic hydroxyl groups is 2. The number of ether oxygens (including phenoxy) is 1. The summed E-state index contributed by atoms with van der Waals surface area (Å²) in [6.07, 6.45) is 0. The van der Waals surface area contributed by atoms with Crippen molar-refractivity contribution in [1.82, 2.24) is 0 Å². The Labute approximate surface area is 123 Å². The van der Waals surface area contributed by atoms with Gasteiger partial charge in [0.05, 0.1) is 0 Å². The predicted molar refractivity (Wildman–Crippen MR) is 79.4 cm³/mol. The van der Waals surface area contributed by atoms with Crippen molar-refractivity contribution >= 4 is 5.97 Å². The van der Waals surface area contributed by atoms with E-state index in [1.807, 2.05) is 44.2 Å². The van der Waals surface area contributed by atoms with Gasteiger partial charge in [0.1, 0.15) is 23.7 Å². The van der Waals surface area contributed by atoms with Crippen LogP contribution in [-0.4, -0.2) is 16.2 Å². The van der Waals surface area contributed by atoms with Crippen LogP contribution in [0.25, 0.3) is 0 Å². The van der Waals surface area contributed by atoms with Gasteiger partial charge in [0.2, 0.25) is 0 Å². The maximum absolute atomic E-state index is 12.2. The minimum Gasteiger partial charge on any atom is -0.508 e. The molecule has 0 bridgehead atoms. The van der Waals surface area contributed by atoms with Crippen LogP contribution in [-0.2, 0) is 11.3 Å². The molecule has 0 unspecified atom stereocenters. The SMILES string of the molecule is CC(C)c1cc(O)cc(O)c1C(=O)OCc1ccccc1. The number of carbonyl (C=O) groups excluding carboxylic acids is 1. The highest BCUT2D eigenvalue weighted by Gasteiger charge is 2.21. The number of hydrogen-bond donors (Lipinski definition) is 2. The quantitative estimate of drug-likeness (QED) is 0.843. The lowest BCUT2D eigenvalue weighted by molar-refractivity contribution is 0.0467. The summed E-state index contributed by atoms with van der Waals surface area (Å²) in [6, 6.07) is 11.9. The molecule has 0 aliphatic carbocycles. The van der Waals surface area contributed by atoms with Crippen LogP contribution < -0.4 is 0 Å². The first-order valence-corrected chi connectivity index (χ1v) is 6.76. The molecule has 2 aromatic carbocycles. The normalized spacial score (nSPS) is 10.6. The zero-order chi connectivity index (χ0) is 15.4. The average Bonchev–Trinajstić information content (AvgIpc) is 2.45. The molecule has 110 valence electrons. The first kappa shape index (κ1) is 14.9. The molecule has 0 saturated heterocycles. The average molecular weight is 286 g/mol. The largest absolute Gasteiger partial charge is 0.508 e. The van der Waals surface area contributed by atoms with Gasteiger partial charge in [0.15, 0.2) is 0 Å². The van der Waals surface area contributed by atoms with Crippen LogP contribution in [0.1, 0.15) is 41.3 Å². The van der Waals surface area contributed by atoms with Gasteiger partial charge in [-0.15, -0.1) is 0 Å². The van der Waals surface area contributed by atoms with Crippen LogP contribution in [0.3, 0.4) is 0 Å². The van der Waals surface area contributed by atoms with Crippen molar-refractivity contribution in [1.29, 1.82) is 0 Å². The van der Waals surface area contributed by atoms with Gasteiger partial charge in [-0.05, 0) is 23.1 Å². The van der Waals surface area contributed by atoms with E-state index in [1.54, 1.807) is 0 Å². The second kappa shape index (κ2) is 6.31. The zero-order valence-electron chi connectivity index (χ0n) is 12.0. The molecule has 0 aromatic heterocycles.